The number of nitrogens with one attached hydrogen (secondary N) is 1. The second kappa shape index (κ2) is 9.27. The van der Waals surface area contributed by atoms with E-state index < -0.39 is 6.61 Å². The Morgan fingerprint density at radius 1 is 1.18 bits per heavy atom. The summed E-state index contributed by atoms with van der Waals surface area (Å²) in [6, 6.07) is 9.41. The molecular formula is C18H17F2N5O2S. The molecule has 1 amide bonds. The maximum absolute atomic E-state index is 12.2. The number of benzene rings is 1. The number of anilines is 1. The molecule has 10 heteroatoms. The normalized spacial score (nSPS) is 10.9. The predicted octanol–water partition coefficient (Wildman–Crippen LogP) is 3.69. The predicted molar refractivity (Wildman–Crippen MR) is 101 cm³/mol. The molecule has 2 aromatic heterocycles. The molecule has 1 aromatic carbocycles. The molecule has 0 aliphatic rings. The molecule has 7 nitrogen and oxygen atoms in total. The van der Waals surface area contributed by atoms with Crippen LogP contribution in [0.3, 0.4) is 0 Å². The number of hydrogen-bond donors (Lipinski definition) is 1. The standard InChI is InChI=1S/C18H17F2N5O2S/c1-2-25-16(12-7-9-21-10-8-12)23-24-18(25)28-11-15(26)22-13-3-5-14(6-4-13)27-17(19)20/h3-10,17H,2,11H2,1H3,(H,22,26). The van der Waals surface area contributed by atoms with Gasteiger partial charge < -0.3 is 14.6 Å². The van der Waals surface area contributed by atoms with Gasteiger partial charge >= 0.3 is 6.61 Å². The Morgan fingerprint density at radius 3 is 2.54 bits per heavy atom. The molecule has 0 unspecified atom stereocenters. The van der Waals surface area contributed by atoms with Crippen molar-refractivity contribution in [1.82, 2.24) is 19.7 Å². The SMILES string of the molecule is CCn1c(SCC(=O)Nc2ccc(OC(F)F)cc2)nnc1-c1ccncc1. The van der Waals surface area contributed by atoms with Crippen LogP contribution in [0.15, 0.2) is 53.9 Å². The van der Waals surface area contributed by atoms with Crippen molar-refractivity contribution in [1.29, 1.82) is 0 Å². The van der Waals surface area contributed by atoms with E-state index >= 15 is 0 Å². The number of ether oxygens (including phenoxy) is 1. The summed E-state index contributed by atoms with van der Waals surface area (Å²) in [6.45, 7) is -0.258. The summed E-state index contributed by atoms with van der Waals surface area (Å²) in [6.07, 6.45) is 3.36. The molecule has 2 heterocycles. The lowest BCUT2D eigenvalue weighted by atomic mass is 10.2. The zero-order valence-corrected chi connectivity index (χ0v) is 15.7. The first-order valence-electron chi connectivity index (χ1n) is 8.38. The van der Waals surface area contributed by atoms with Gasteiger partial charge in [0.25, 0.3) is 0 Å². The highest BCUT2D eigenvalue weighted by molar-refractivity contribution is 7.99. The molecule has 0 aliphatic heterocycles. The maximum atomic E-state index is 12.2. The fraction of sp³-hybridized carbons (Fsp3) is 0.222. The number of carbonyl (C=O) groups excluding carboxylic acids is 1. The van der Waals surface area contributed by atoms with Gasteiger partial charge in [-0.1, -0.05) is 11.8 Å². The van der Waals surface area contributed by atoms with Crippen molar-refractivity contribution in [3.63, 3.8) is 0 Å². The highest BCUT2D eigenvalue weighted by Crippen LogP contribution is 2.24. The van der Waals surface area contributed by atoms with Gasteiger partial charge in [-0.2, -0.15) is 8.78 Å². The number of nitrogens with zero attached hydrogens (tertiary/aromatic N) is 4. The van der Waals surface area contributed by atoms with Crippen molar-refractivity contribution in [2.45, 2.75) is 25.2 Å². The third-order valence-electron chi connectivity index (χ3n) is 3.67. The maximum Gasteiger partial charge on any atom is 0.387 e. The summed E-state index contributed by atoms with van der Waals surface area (Å²) in [5.41, 5.74) is 1.38. The van der Waals surface area contributed by atoms with Gasteiger partial charge in [0.15, 0.2) is 11.0 Å². The van der Waals surface area contributed by atoms with Crippen molar-refractivity contribution >= 4 is 23.4 Å². The second-order valence-corrected chi connectivity index (χ2v) is 6.47. The third-order valence-corrected chi connectivity index (χ3v) is 4.63. The monoisotopic (exact) mass is 405 g/mol. The van der Waals surface area contributed by atoms with Crippen molar-refractivity contribution < 1.29 is 18.3 Å². The van der Waals surface area contributed by atoms with E-state index in [1.165, 1.54) is 36.0 Å². The Hall–Kier alpha value is -3.01. The summed E-state index contributed by atoms with van der Waals surface area (Å²) in [4.78, 5) is 16.2. The molecule has 0 spiro atoms. The summed E-state index contributed by atoms with van der Waals surface area (Å²) in [5.74, 6) is 0.622. The van der Waals surface area contributed by atoms with Gasteiger partial charge in [0.1, 0.15) is 5.75 Å². The Morgan fingerprint density at radius 2 is 1.89 bits per heavy atom. The molecule has 0 saturated carbocycles. The number of halogens is 2. The fourth-order valence-electron chi connectivity index (χ4n) is 2.44. The van der Waals surface area contributed by atoms with Crippen LogP contribution < -0.4 is 10.1 Å². The van der Waals surface area contributed by atoms with Crippen LogP contribution in [0.1, 0.15) is 6.92 Å². The highest BCUT2D eigenvalue weighted by atomic mass is 32.2. The molecular weight excluding hydrogens is 388 g/mol. The number of amides is 1. The largest absolute Gasteiger partial charge is 0.435 e. The lowest BCUT2D eigenvalue weighted by Gasteiger charge is -2.08. The van der Waals surface area contributed by atoms with Crippen LogP contribution >= 0.6 is 11.8 Å². The van der Waals surface area contributed by atoms with E-state index in [-0.39, 0.29) is 17.4 Å². The Bertz CT molecular complexity index is 919. The number of carbonyl (C=O) groups is 1. The van der Waals surface area contributed by atoms with Gasteiger partial charge in [0.2, 0.25) is 5.91 Å². The minimum absolute atomic E-state index is 0.0297. The molecule has 146 valence electrons. The molecule has 0 aliphatic carbocycles. The van der Waals surface area contributed by atoms with Crippen LogP contribution in [-0.4, -0.2) is 38.0 Å². The quantitative estimate of drug-likeness (QED) is 0.576. The lowest BCUT2D eigenvalue weighted by molar-refractivity contribution is -0.113. The Kier molecular flexibility index (Phi) is 6.53. The molecule has 0 atom stereocenters. The minimum atomic E-state index is -2.88. The van der Waals surface area contributed by atoms with Crippen LogP contribution in [0.2, 0.25) is 0 Å². The first-order chi connectivity index (χ1) is 13.6. The average Bonchev–Trinajstić information content (AvgIpc) is 3.11. The zero-order valence-electron chi connectivity index (χ0n) is 14.9. The Balaban J connectivity index is 1.60. The first kappa shape index (κ1) is 19.7. The Labute approximate surface area is 164 Å². The number of pyridine rings is 1. The highest BCUT2D eigenvalue weighted by Gasteiger charge is 2.14. The molecule has 0 radical (unpaired) electrons. The molecule has 0 saturated heterocycles. The number of aromatic nitrogens is 4. The van der Waals surface area contributed by atoms with E-state index in [4.69, 9.17) is 0 Å². The minimum Gasteiger partial charge on any atom is -0.435 e. The van der Waals surface area contributed by atoms with E-state index in [1.54, 1.807) is 12.4 Å². The number of hydrogen-bond acceptors (Lipinski definition) is 6. The number of alkyl halides is 2. The van der Waals surface area contributed by atoms with Gasteiger partial charge in [0, 0.05) is 30.2 Å². The van der Waals surface area contributed by atoms with Gasteiger partial charge in [-0.3, -0.25) is 9.78 Å². The molecule has 1 N–H and O–H groups in total. The van der Waals surface area contributed by atoms with Crippen molar-refractivity contribution in [3.8, 4) is 17.1 Å². The molecule has 0 fully saturated rings. The third kappa shape index (κ3) is 5.03. The summed E-state index contributed by atoms with van der Waals surface area (Å²) in [5, 5.41) is 11.7. The van der Waals surface area contributed by atoms with Crippen LogP contribution in [0.25, 0.3) is 11.4 Å². The van der Waals surface area contributed by atoms with Crippen molar-refractivity contribution in [2.75, 3.05) is 11.1 Å². The van der Waals surface area contributed by atoms with Crippen LogP contribution in [0.4, 0.5) is 14.5 Å². The van der Waals surface area contributed by atoms with Gasteiger partial charge in [0.05, 0.1) is 5.75 Å². The van der Waals surface area contributed by atoms with Crippen LogP contribution in [0, 0.1) is 0 Å². The molecule has 0 bridgehead atoms. The van der Waals surface area contributed by atoms with Crippen molar-refractivity contribution in [2.24, 2.45) is 0 Å². The topological polar surface area (TPSA) is 81.9 Å². The number of rotatable bonds is 8. The summed E-state index contributed by atoms with van der Waals surface area (Å²) in [7, 11) is 0. The van der Waals surface area contributed by atoms with Gasteiger partial charge in [-0.15, -0.1) is 10.2 Å². The van der Waals surface area contributed by atoms with E-state index in [0.717, 1.165) is 5.56 Å². The molecule has 3 rings (SSSR count). The van der Waals surface area contributed by atoms with Crippen LogP contribution in [0.5, 0.6) is 5.75 Å². The van der Waals surface area contributed by atoms with E-state index in [0.29, 0.717) is 23.2 Å². The van der Waals surface area contributed by atoms with Crippen molar-refractivity contribution in [3.05, 3.63) is 48.8 Å². The lowest BCUT2D eigenvalue weighted by Crippen LogP contribution is -2.14. The fourth-order valence-corrected chi connectivity index (χ4v) is 3.24. The summed E-state index contributed by atoms with van der Waals surface area (Å²) < 4.78 is 30.5. The molecule has 28 heavy (non-hydrogen) atoms. The second-order valence-electron chi connectivity index (χ2n) is 5.53. The van der Waals surface area contributed by atoms with E-state index in [9.17, 15) is 13.6 Å². The van der Waals surface area contributed by atoms with Gasteiger partial charge in [-0.05, 0) is 43.3 Å². The first-order valence-corrected chi connectivity index (χ1v) is 9.36. The van der Waals surface area contributed by atoms with E-state index in [1.807, 2.05) is 23.6 Å². The van der Waals surface area contributed by atoms with Crippen LogP contribution in [-0.2, 0) is 11.3 Å². The molecule has 3 aromatic rings. The summed E-state index contributed by atoms with van der Waals surface area (Å²) >= 11 is 1.26. The average molecular weight is 405 g/mol. The van der Waals surface area contributed by atoms with E-state index in [2.05, 4.69) is 25.2 Å². The smallest absolute Gasteiger partial charge is 0.387 e. The number of thioether (sulfide) groups is 1. The zero-order chi connectivity index (χ0) is 19.9. The van der Waals surface area contributed by atoms with Gasteiger partial charge in [-0.25, -0.2) is 0 Å².